The highest BCUT2D eigenvalue weighted by Gasteiger charge is 2.41. The summed E-state index contributed by atoms with van der Waals surface area (Å²) >= 11 is 0. The maximum atomic E-state index is 11.6. The summed E-state index contributed by atoms with van der Waals surface area (Å²) in [5.41, 5.74) is -0.435. The zero-order chi connectivity index (χ0) is 10.6. The minimum absolute atomic E-state index is 0.0985. The van der Waals surface area contributed by atoms with Crippen molar-refractivity contribution in [1.29, 1.82) is 0 Å². The standard InChI is InChI=1S/C11H21NO2/c1-4-6-9-7-8-11(3,12-9)10(13)14-5-2/h9,12H,4-8H2,1-3H3. The molecule has 0 aromatic rings. The topological polar surface area (TPSA) is 38.3 Å². The molecule has 1 fully saturated rings. The minimum atomic E-state index is -0.435. The Morgan fingerprint density at radius 1 is 1.57 bits per heavy atom. The van der Waals surface area contributed by atoms with E-state index in [0.29, 0.717) is 12.6 Å². The highest BCUT2D eigenvalue weighted by atomic mass is 16.5. The van der Waals surface area contributed by atoms with Gasteiger partial charge in [-0.3, -0.25) is 10.1 Å². The summed E-state index contributed by atoms with van der Waals surface area (Å²) < 4.78 is 5.05. The molecule has 2 unspecified atom stereocenters. The lowest BCUT2D eigenvalue weighted by Gasteiger charge is -2.23. The normalized spacial score (nSPS) is 31.8. The molecule has 1 heterocycles. The second-order valence-electron chi connectivity index (χ2n) is 4.22. The van der Waals surface area contributed by atoms with E-state index >= 15 is 0 Å². The van der Waals surface area contributed by atoms with Gasteiger partial charge in [0.05, 0.1) is 6.61 Å². The van der Waals surface area contributed by atoms with Gasteiger partial charge in [0.2, 0.25) is 0 Å². The maximum absolute atomic E-state index is 11.6. The summed E-state index contributed by atoms with van der Waals surface area (Å²) in [6.07, 6.45) is 4.30. The molecule has 1 aliphatic rings. The molecule has 2 atom stereocenters. The Labute approximate surface area is 86.2 Å². The van der Waals surface area contributed by atoms with E-state index in [1.807, 2.05) is 13.8 Å². The van der Waals surface area contributed by atoms with Gasteiger partial charge < -0.3 is 4.74 Å². The Balaban J connectivity index is 2.48. The van der Waals surface area contributed by atoms with Crippen molar-refractivity contribution >= 4 is 5.97 Å². The van der Waals surface area contributed by atoms with Crippen LogP contribution in [0.3, 0.4) is 0 Å². The molecule has 0 spiro atoms. The number of hydrogen-bond acceptors (Lipinski definition) is 3. The van der Waals surface area contributed by atoms with Crippen molar-refractivity contribution in [3.63, 3.8) is 0 Å². The third-order valence-corrected chi connectivity index (χ3v) is 2.88. The van der Waals surface area contributed by atoms with Crippen LogP contribution in [0.4, 0.5) is 0 Å². The van der Waals surface area contributed by atoms with Crippen LogP contribution in [0.1, 0.15) is 46.5 Å². The summed E-state index contributed by atoms with van der Waals surface area (Å²) in [6, 6.07) is 0.495. The molecule has 3 nitrogen and oxygen atoms in total. The number of esters is 1. The van der Waals surface area contributed by atoms with Crippen molar-refractivity contribution < 1.29 is 9.53 Å². The lowest BCUT2D eigenvalue weighted by molar-refractivity contribution is -0.149. The lowest BCUT2D eigenvalue weighted by atomic mass is 10.0. The number of nitrogens with one attached hydrogen (secondary N) is 1. The number of carbonyl (C=O) groups excluding carboxylic acids is 1. The third kappa shape index (κ3) is 2.47. The molecule has 1 saturated heterocycles. The molecule has 82 valence electrons. The van der Waals surface area contributed by atoms with Crippen molar-refractivity contribution in [2.45, 2.75) is 58.0 Å². The molecule has 0 saturated carbocycles. The summed E-state index contributed by atoms with van der Waals surface area (Å²) in [5, 5.41) is 3.38. The van der Waals surface area contributed by atoms with Crippen LogP contribution in [0.15, 0.2) is 0 Å². The van der Waals surface area contributed by atoms with Gasteiger partial charge in [-0.2, -0.15) is 0 Å². The summed E-state index contributed by atoms with van der Waals surface area (Å²) in [4.78, 5) is 11.6. The fraction of sp³-hybridized carbons (Fsp3) is 0.909. The Kier molecular flexibility index (Phi) is 3.93. The number of carbonyl (C=O) groups is 1. The molecule has 0 radical (unpaired) electrons. The van der Waals surface area contributed by atoms with Crippen molar-refractivity contribution in [2.75, 3.05) is 6.61 Å². The molecule has 3 heteroatoms. The summed E-state index contributed by atoms with van der Waals surface area (Å²) in [5.74, 6) is -0.0985. The lowest BCUT2D eigenvalue weighted by Crippen LogP contribution is -2.48. The van der Waals surface area contributed by atoms with Crippen LogP contribution in [0.2, 0.25) is 0 Å². The van der Waals surface area contributed by atoms with Crippen LogP contribution in [0.5, 0.6) is 0 Å². The first-order valence-corrected chi connectivity index (χ1v) is 5.57. The molecule has 0 aliphatic carbocycles. The maximum Gasteiger partial charge on any atom is 0.326 e. The summed E-state index contributed by atoms with van der Waals surface area (Å²) in [6.45, 7) is 6.43. The van der Waals surface area contributed by atoms with Crippen LogP contribution < -0.4 is 5.32 Å². The quantitative estimate of drug-likeness (QED) is 0.702. The number of hydrogen-bond donors (Lipinski definition) is 1. The van der Waals surface area contributed by atoms with Gasteiger partial charge in [-0.15, -0.1) is 0 Å². The van der Waals surface area contributed by atoms with Crippen molar-refractivity contribution in [3.8, 4) is 0 Å². The largest absolute Gasteiger partial charge is 0.465 e. The Morgan fingerprint density at radius 3 is 2.86 bits per heavy atom. The van der Waals surface area contributed by atoms with E-state index in [1.165, 1.54) is 0 Å². The van der Waals surface area contributed by atoms with Gasteiger partial charge in [-0.1, -0.05) is 13.3 Å². The van der Waals surface area contributed by atoms with Crippen molar-refractivity contribution in [2.24, 2.45) is 0 Å². The zero-order valence-electron chi connectivity index (χ0n) is 9.43. The molecule has 1 rings (SSSR count). The predicted octanol–water partition coefficient (Wildman–Crippen LogP) is 1.86. The van der Waals surface area contributed by atoms with Crippen LogP contribution in [-0.2, 0) is 9.53 Å². The smallest absolute Gasteiger partial charge is 0.326 e. The van der Waals surface area contributed by atoms with Gasteiger partial charge in [0, 0.05) is 6.04 Å². The highest BCUT2D eigenvalue weighted by Crippen LogP contribution is 2.26. The van der Waals surface area contributed by atoms with Gasteiger partial charge >= 0.3 is 5.97 Å². The third-order valence-electron chi connectivity index (χ3n) is 2.88. The van der Waals surface area contributed by atoms with Crippen molar-refractivity contribution in [1.82, 2.24) is 5.32 Å². The van der Waals surface area contributed by atoms with E-state index in [1.54, 1.807) is 0 Å². The van der Waals surface area contributed by atoms with Crippen LogP contribution in [0.25, 0.3) is 0 Å². The monoisotopic (exact) mass is 199 g/mol. The van der Waals surface area contributed by atoms with Gasteiger partial charge in [-0.25, -0.2) is 0 Å². The number of rotatable bonds is 4. The van der Waals surface area contributed by atoms with E-state index in [4.69, 9.17) is 4.74 Å². The molecule has 1 N–H and O–H groups in total. The summed E-state index contributed by atoms with van der Waals surface area (Å²) in [7, 11) is 0. The fourth-order valence-corrected chi connectivity index (χ4v) is 2.07. The van der Waals surface area contributed by atoms with E-state index in [0.717, 1.165) is 25.7 Å². The highest BCUT2D eigenvalue weighted by molar-refractivity contribution is 5.80. The second-order valence-corrected chi connectivity index (χ2v) is 4.22. The second kappa shape index (κ2) is 4.78. The van der Waals surface area contributed by atoms with Crippen LogP contribution >= 0.6 is 0 Å². The Morgan fingerprint density at radius 2 is 2.29 bits per heavy atom. The van der Waals surface area contributed by atoms with Crippen molar-refractivity contribution in [3.05, 3.63) is 0 Å². The molecule has 0 aromatic carbocycles. The molecule has 0 bridgehead atoms. The molecule has 14 heavy (non-hydrogen) atoms. The molecular weight excluding hydrogens is 178 g/mol. The van der Waals surface area contributed by atoms with E-state index in [-0.39, 0.29) is 5.97 Å². The number of ether oxygens (including phenoxy) is 1. The SMILES string of the molecule is CCCC1CCC(C)(C(=O)OCC)N1. The molecule has 0 aromatic heterocycles. The molecule has 0 amide bonds. The van der Waals surface area contributed by atoms with E-state index in [9.17, 15) is 4.79 Å². The minimum Gasteiger partial charge on any atom is -0.465 e. The zero-order valence-corrected chi connectivity index (χ0v) is 9.43. The Hall–Kier alpha value is -0.570. The first kappa shape index (κ1) is 11.5. The van der Waals surface area contributed by atoms with E-state index < -0.39 is 5.54 Å². The predicted molar refractivity (Wildman–Crippen MR) is 56.1 cm³/mol. The van der Waals surface area contributed by atoms with Gasteiger partial charge in [0.25, 0.3) is 0 Å². The average Bonchev–Trinajstić information content (AvgIpc) is 2.50. The first-order valence-electron chi connectivity index (χ1n) is 5.57. The van der Waals surface area contributed by atoms with Crippen LogP contribution in [-0.4, -0.2) is 24.2 Å². The molecule has 1 aliphatic heterocycles. The molecular formula is C11H21NO2. The first-order chi connectivity index (χ1) is 6.62. The fourth-order valence-electron chi connectivity index (χ4n) is 2.07. The van der Waals surface area contributed by atoms with Gasteiger partial charge in [0.1, 0.15) is 5.54 Å². The Bertz CT molecular complexity index is 205. The van der Waals surface area contributed by atoms with Gasteiger partial charge in [-0.05, 0) is 33.1 Å². The van der Waals surface area contributed by atoms with Gasteiger partial charge in [0.15, 0.2) is 0 Å². The van der Waals surface area contributed by atoms with E-state index in [2.05, 4.69) is 12.2 Å². The average molecular weight is 199 g/mol. The van der Waals surface area contributed by atoms with Crippen LogP contribution in [0, 0.1) is 0 Å².